The van der Waals surface area contributed by atoms with Crippen LogP contribution in [0, 0.1) is 5.82 Å². The molecule has 0 atom stereocenters. The second-order valence-electron chi connectivity index (χ2n) is 5.02. The largest absolute Gasteiger partial charge is 0.369 e. The van der Waals surface area contributed by atoms with E-state index in [1.807, 2.05) is 6.92 Å². The normalized spacial score (nSPS) is 15.3. The minimum Gasteiger partial charge on any atom is -0.369 e. The van der Waals surface area contributed by atoms with E-state index in [-0.39, 0.29) is 23.9 Å². The van der Waals surface area contributed by atoms with Crippen LogP contribution < -0.4 is 5.32 Å². The topological polar surface area (TPSA) is 65.5 Å². The molecule has 0 saturated carbocycles. The molecule has 1 aliphatic rings. The maximum Gasteiger partial charge on any atom is 0.258 e. The lowest BCUT2D eigenvalue weighted by Gasteiger charge is -2.32. The fourth-order valence-electron chi connectivity index (χ4n) is 2.09. The zero-order chi connectivity index (χ0) is 15.4. The summed E-state index contributed by atoms with van der Waals surface area (Å²) in [6, 6.07) is 1.16. The molecule has 2 amide bonds. The van der Waals surface area contributed by atoms with Crippen LogP contribution in [0.2, 0.25) is 0 Å². The Labute approximate surface area is 122 Å². The number of pyridine rings is 1. The Bertz CT molecular complexity index is 550. The number of likely N-dealkylation sites (N-methyl/N-ethyl adjacent to an activating group) is 1. The number of nitrogens with zero attached hydrogens (tertiary/aromatic N) is 3. The minimum absolute atomic E-state index is 0.0130. The maximum atomic E-state index is 13.4. The lowest BCUT2D eigenvalue weighted by atomic mass is 10.2. The first-order valence-corrected chi connectivity index (χ1v) is 6.95. The van der Waals surface area contributed by atoms with Crippen LogP contribution in [0.1, 0.15) is 23.7 Å². The summed E-state index contributed by atoms with van der Waals surface area (Å²) in [5.74, 6) is -0.709. The average molecular weight is 294 g/mol. The quantitative estimate of drug-likeness (QED) is 0.898. The molecular weight excluding hydrogens is 275 g/mol. The van der Waals surface area contributed by atoms with Crippen LogP contribution in [0.25, 0.3) is 0 Å². The van der Waals surface area contributed by atoms with Crippen LogP contribution in [0.5, 0.6) is 0 Å². The predicted molar refractivity (Wildman–Crippen MR) is 76.5 cm³/mol. The van der Waals surface area contributed by atoms with E-state index < -0.39 is 5.82 Å². The zero-order valence-corrected chi connectivity index (χ0v) is 12.2. The number of carbonyl (C=O) groups excluding carboxylic acids is 2. The van der Waals surface area contributed by atoms with E-state index in [1.54, 1.807) is 11.9 Å². The third-order valence-corrected chi connectivity index (χ3v) is 3.37. The summed E-state index contributed by atoms with van der Waals surface area (Å²) in [6.07, 6.45) is 1.93. The van der Waals surface area contributed by atoms with Crippen molar-refractivity contribution in [3.8, 4) is 0 Å². The Balaban J connectivity index is 2.21. The van der Waals surface area contributed by atoms with E-state index in [0.29, 0.717) is 25.5 Å². The minimum atomic E-state index is -0.569. The summed E-state index contributed by atoms with van der Waals surface area (Å²) in [5, 5.41) is 3.01. The Kier molecular flexibility index (Phi) is 4.72. The highest BCUT2D eigenvalue weighted by atomic mass is 19.1. The maximum absolute atomic E-state index is 13.4. The molecule has 21 heavy (non-hydrogen) atoms. The molecule has 7 heteroatoms. The smallest absolute Gasteiger partial charge is 0.258 e. The van der Waals surface area contributed by atoms with Crippen molar-refractivity contribution in [1.29, 1.82) is 0 Å². The highest BCUT2D eigenvalue weighted by Crippen LogP contribution is 2.17. The number of nitrogens with one attached hydrogen (secondary N) is 1. The molecule has 0 aliphatic carbocycles. The molecule has 0 radical (unpaired) electrons. The molecule has 2 heterocycles. The van der Waals surface area contributed by atoms with E-state index in [9.17, 15) is 14.0 Å². The van der Waals surface area contributed by atoms with Crippen LogP contribution in [0.4, 0.5) is 10.2 Å². The lowest BCUT2D eigenvalue weighted by molar-refractivity contribution is -0.133. The van der Waals surface area contributed by atoms with Gasteiger partial charge < -0.3 is 15.1 Å². The van der Waals surface area contributed by atoms with Gasteiger partial charge in [-0.2, -0.15) is 0 Å². The molecule has 0 unspecified atom stereocenters. The number of carbonyl (C=O) groups is 2. The first-order chi connectivity index (χ1) is 10.0. The van der Waals surface area contributed by atoms with E-state index in [0.717, 1.165) is 18.7 Å². The molecule has 0 spiro atoms. The summed E-state index contributed by atoms with van der Waals surface area (Å²) in [5.41, 5.74) is 0.167. The predicted octanol–water partition coefficient (Wildman–Crippen LogP) is 0.957. The number of amides is 2. The van der Waals surface area contributed by atoms with Crippen molar-refractivity contribution in [3.05, 3.63) is 23.6 Å². The molecule has 2 rings (SSSR count). The Hall–Kier alpha value is -2.18. The van der Waals surface area contributed by atoms with Gasteiger partial charge in [0.2, 0.25) is 5.91 Å². The van der Waals surface area contributed by atoms with Gasteiger partial charge >= 0.3 is 0 Å². The van der Waals surface area contributed by atoms with Gasteiger partial charge in [-0.25, -0.2) is 9.37 Å². The second kappa shape index (κ2) is 6.51. The molecule has 1 saturated heterocycles. The van der Waals surface area contributed by atoms with Crippen LogP contribution in [-0.4, -0.2) is 59.8 Å². The molecule has 0 bridgehead atoms. The van der Waals surface area contributed by atoms with Crippen molar-refractivity contribution >= 4 is 17.6 Å². The van der Waals surface area contributed by atoms with Crippen molar-refractivity contribution < 1.29 is 14.0 Å². The third kappa shape index (κ3) is 3.48. The van der Waals surface area contributed by atoms with Gasteiger partial charge in [-0.3, -0.25) is 9.59 Å². The highest BCUT2D eigenvalue weighted by molar-refractivity contribution is 6.00. The van der Waals surface area contributed by atoms with Gasteiger partial charge in [0.05, 0.1) is 11.8 Å². The van der Waals surface area contributed by atoms with Gasteiger partial charge in [-0.05, 0) is 12.5 Å². The SMILES string of the molecule is CCCNc1ncc(F)cc1C(=O)N1CCN(C)C(=O)C1. The van der Waals surface area contributed by atoms with Gasteiger partial charge in [0.15, 0.2) is 0 Å². The van der Waals surface area contributed by atoms with Gasteiger partial charge in [0.25, 0.3) is 5.91 Å². The fourth-order valence-corrected chi connectivity index (χ4v) is 2.09. The number of piperazine rings is 1. The second-order valence-corrected chi connectivity index (χ2v) is 5.02. The number of hydrogen-bond acceptors (Lipinski definition) is 4. The van der Waals surface area contributed by atoms with Crippen molar-refractivity contribution in [2.75, 3.05) is 38.5 Å². The Morgan fingerprint density at radius 3 is 2.90 bits per heavy atom. The van der Waals surface area contributed by atoms with Crippen molar-refractivity contribution in [3.63, 3.8) is 0 Å². The van der Waals surface area contributed by atoms with Crippen LogP contribution in [0.3, 0.4) is 0 Å². The van der Waals surface area contributed by atoms with Crippen LogP contribution >= 0.6 is 0 Å². The number of rotatable bonds is 4. The van der Waals surface area contributed by atoms with Gasteiger partial charge in [-0.1, -0.05) is 6.92 Å². The molecule has 6 nitrogen and oxygen atoms in total. The molecule has 1 aromatic rings. The first-order valence-electron chi connectivity index (χ1n) is 6.95. The van der Waals surface area contributed by atoms with E-state index in [4.69, 9.17) is 0 Å². The molecule has 1 aliphatic heterocycles. The standard InChI is InChI=1S/C14H19FN4O2/c1-3-4-16-13-11(7-10(15)8-17-13)14(21)19-6-5-18(2)12(20)9-19/h7-8H,3-6,9H2,1-2H3,(H,16,17). The van der Waals surface area contributed by atoms with Crippen LogP contribution in [-0.2, 0) is 4.79 Å². The zero-order valence-electron chi connectivity index (χ0n) is 12.2. The summed E-state index contributed by atoms with van der Waals surface area (Å²) in [4.78, 5) is 31.1. The molecule has 1 aromatic heterocycles. The molecule has 1 fully saturated rings. The van der Waals surface area contributed by atoms with E-state index >= 15 is 0 Å². The molecule has 0 aromatic carbocycles. The number of hydrogen-bond donors (Lipinski definition) is 1. The van der Waals surface area contributed by atoms with Gasteiger partial charge in [-0.15, -0.1) is 0 Å². The molecule has 114 valence electrons. The molecular formula is C14H19FN4O2. The highest BCUT2D eigenvalue weighted by Gasteiger charge is 2.27. The van der Waals surface area contributed by atoms with Crippen molar-refractivity contribution in [2.45, 2.75) is 13.3 Å². The summed E-state index contributed by atoms with van der Waals surface area (Å²) in [7, 11) is 1.70. The van der Waals surface area contributed by atoms with Crippen molar-refractivity contribution in [2.24, 2.45) is 0 Å². The Morgan fingerprint density at radius 2 is 2.24 bits per heavy atom. The monoisotopic (exact) mass is 294 g/mol. The average Bonchev–Trinajstić information content (AvgIpc) is 2.48. The number of anilines is 1. The number of aromatic nitrogens is 1. The fraction of sp³-hybridized carbons (Fsp3) is 0.500. The third-order valence-electron chi connectivity index (χ3n) is 3.37. The van der Waals surface area contributed by atoms with Gasteiger partial charge in [0, 0.05) is 26.7 Å². The summed E-state index contributed by atoms with van der Waals surface area (Å²) < 4.78 is 13.4. The van der Waals surface area contributed by atoms with Crippen molar-refractivity contribution in [1.82, 2.24) is 14.8 Å². The van der Waals surface area contributed by atoms with Crippen LogP contribution in [0.15, 0.2) is 12.3 Å². The summed E-state index contributed by atoms with van der Waals surface area (Å²) in [6.45, 7) is 3.55. The summed E-state index contributed by atoms with van der Waals surface area (Å²) >= 11 is 0. The Morgan fingerprint density at radius 1 is 1.48 bits per heavy atom. The number of halogens is 1. The van der Waals surface area contributed by atoms with E-state index in [2.05, 4.69) is 10.3 Å². The van der Waals surface area contributed by atoms with Gasteiger partial charge in [0.1, 0.15) is 18.2 Å². The molecule has 1 N–H and O–H groups in total. The first kappa shape index (κ1) is 15.2. The lowest BCUT2D eigenvalue weighted by Crippen LogP contribution is -2.50. The van der Waals surface area contributed by atoms with E-state index in [1.165, 1.54) is 4.90 Å².